The van der Waals surface area contributed by atoms with Gasteiger partial charge < -0.3 is 5.32 Å². The molecule has 2 heterocycles. The Hall–Kier alpha value is -1.33. The van der Waals surface area contributed by atoms with Crippen LogP contribution in [0.2, 0.25) is 0 Å². The number of nitrogens with zero attached hydrogens (tertiary/aromatic N) is 2. The molecule has 0 spiro atoms. The van der Waals surface area contributed by atoms with E-state index < -0.39 is 0 Å². The average Bonchev–Trinajstić information content (AvgIpc) is 2.68. The number of nitrogens with one attached hydrogen (secondary N) is 1. The minimum absolute atomic E-state index is 0.0417. The standard InChI is InChI=1S/C14H18FN3S/c1-8(12-5-13(15)7-16-6-12)17-9(2)14-10(3)18-11(4)19-14/h5-9,17H,1-4H3. The second kappa shape index (κ2) is 5.75. The van der Waals surface area contributed by atoms with E-state index in [2.05, 4.69) is 22.2 Å². The van der Waals surface area contributed by atoms with Gasteiger partial charge >= 0.3 is 0 Å². The SMILES string of the molecule is Cc1nc(C)c(C(C)NC(C)c2cncc(F)c2)s1. The van der Waals surface area contributed by atoms with Crippen molar-refractivity contribution in [2.24, 2.45) is 0 Å². The molecule has 0 amide bonds. The quantitative estimate of drug-likeness (QED) is 0.927. The largest absolute Gasteiger partial charge is 0.303 e. The molecule has 2 rings (SSSR count). The first kappa shape index (κ1) is 14.1. The van der Waals surface area contributed by atoms with E-state index in [1.807, 2.05) is 20.8 Å². The lowest BCUT2D eigenvalue weighted by Crippen LogP contribution is -2.22. The van der Waals surface area contributed by atoms with Crippen LogP contribution in [0.4, 0.5) is 4.39 Å². The minimum Gasteiger partial charge on any atom is -0.303 e. The summed E-state index contributed by atoms with van der Waals surface area (Å²) in [6.45, 7) is 8.14. The summed E-state index contributed by atoms with van der Waals surface area (Å²) in [5, 5.41) is 4.53. The van der Waals surface area contributed by atoms with Crippen molar-refractivity contribution in [2.75, 3.05) is 0 Å². The summed E-state index contributed by atoms with van der Waals surface area (Å²) >= 11 is 1.70. The van der Waals surface area contributed by atoms with Crippen molar-refractivity contribution in [2.45, 2.75) is 39.8 Å². The lowest BCUT2D eigenvalue weighted by molar-refractivity contribution is 0.493. The molecule has 5 heteroatoms. The van der Waals surface area contributed by atoms with Gasteiger partial charge in [0.05, 0.1) is 16.9 Å². The highest BCUT2D eigenvalue weighted by molar-refractivity contribution is 7.11. The maximum Gasteiger partial charge on any atom is 0.141 e. The topological polar surface area (TPSA) is 37.8 Å². The van der Waals surface area contributed by atoms with Gasteiger partial charge in [0.25, 0.3) is 0 Å². The van der Waals surface area contributed by atoms with Crippen LogP contribution in [0.5, 0.6) is 0 Å². The van der Waals surface area contributed by atoms with Crippen LogP contribution in [0.1, 0.15) is 47.1 Å². The number of halogens is 1. The Morgan fingerprint density at radius 2 is 1.95 bits per heavy atom. The van der Waals surface area contributed by atoms with Crippen LogP contribution in [0.15, 0.2) is 18.5 Å². The fourth-order valence-electron chi connectivity index (χ4n) is 2.16. The maximum absolute atomic E-state index is 13.2. The zero-order valence-electron chi connectivity index (χ0n) is 11.6. The summed E-state index contributed by atoms with van der Waals surface area (Å²) in [6, 6.07) is 1.74. The first-order chi connectivity index (χ1) is 8.97. The Morgan fingerprint density at radius 3 is 2.53 bits per heavy atom. The minimum atomic E-state index is -0.302. The molecule has 0 saturated heterocycles. The molecule has 0 radical (unpaired) electrons. The van der Waals surface area contributed by atoms with Crippen LogP contribution in [-0.2, 0) is 0 Å². The number of thiazole rings is 1. The summed E-state index contributed by atoms with van der Waals surface area (Å²) in [5.41, 5.74) is 1.91. The van der Waals surface area contributed by atoms with E-state index in [9.17, 15) is 4.39 Å². The third-order valence-electron chi connectivity index (χ3n) is 3.06. The van der Waals surface area contributed by atoms with Crippen molar-refractivity contribution in [1.29, 1.82) is 0 Å². The molecule has 0 aromatic carbocycles. The van der Waals surface area contributed by atoms with Crippen LogP contribution in [0.25, 0.3) is 0 Å². The Labute approximate surface area is 116 Å². The second-order valence-electron chi connectivity index (χ2n) is 4.73. The summed E-state index contributed by atoms with van der Waals surface area (Å²) in [6.07, 6.45) is 2.91. The molecule has 1 N–H and O–H groups in total. The highest BCUT2D eigenvalue weighted by Crippen LogP contribution is 2.26. The number of rotatable bonds is 4. The molecule has 2 unspecified atom stereocenters. The molecule has 0 fully saturated rings. The van der Waals surface area contributed by atoms with Crippen molar-refractivity contribution in [3.63, 3.8) is 0 Å². The summed E-state index contributed by atoms with van der Waals surface area (Å²) in [5.74, 6) is -0.302. The van der Waals surface area contributed by atoms with Crippen molar-refractivity contribution in [3.8, 4) is 0 Å². The van der Waals surface area contributed by atoms with E-state index >= 15 is 0 Å². The molecule has 0 aliphatic heterocycles. The number of hydrogen-bond donors (Lipinski definition) is 1. The highest BCUT2D eigenvalue weighted by atomic mass is 32.1. The van der Waals surface area contributed by atoms with Gasteiger partial charge in [-0.15, -0.1) is 11.3 Å². The number of aromatic nitrogens is 2. The Morgan fingerprint density at radius 1 is 1.21 bits per heavy atom. The Bertz CT molecular complexity index is 568. The predicted molar refractivity (Wildman–Crippen MR) is 75.7 cm³/mol. The highest BCUT2D eigenvalue weighted by Gasteiger charge is 2.16. The monoisotopic (exact) mass is 279 g/mol. The third-order valence-corrected chi connectivity index (χ3v) is 4.31. The first-order valence-corrected chi connectivity index (χ1v) is 7.09. The van der Waals surface area contributed by atoms with Gasteiger partial charge in [0.15, 0.2) is 0 Å². The molecule has 19 heavy (non-hydrogen) atoms. The normalized spacial score (nSPS) is 14.4. The van der Waals surface area contributed by atoms with Gasteiger partial charge in [-0.1, -0.05) is 0 Å². The zero-order chi connectivity index (χ0) is 14.0. The van der Waals surface area contributed by atoms with Crippen LogP contribution in [0.3, 0.4) is 0 Å². The van der Waals surface area contributed by atoms with Crippen molar-refractivity contribution in [3.05, 3.63) is 45.4 Å². The second-order valence-corrected chi connectivity index (χ2v) is 5.96. The maximum atomic E-state index is 13.2. The fraction of sp³-hybridized carbons (Fsp3) is 0.429. The van der Waals surface area contributed by atoms with Crippen LogP contribution in [-0.4, -0.2) is 9.97 Å². The molecule has 2 aromatic rings. The van der Waals surface area contributed by atoms with Crippen molar-refractivity contribution >= 4 is 11.3 Å². The lowest BCUT2D eigenvalue weighted by atomic mass is 10.1. The number of pyridine rings is 1. The molecule has 2 atom stereocenters. The first-order valence-electron chi connectivity index (χ1n) is 6.27. The zero-order valence-corrected chi connectivity index (χ0v) is 12.4. The molecular weight excluding hydrogens is 261 g/mol. The van der Waals surface area contributed by atoms with Gasteiger partial charge in [0, 0.05) is 23.2 Å². The average molecular weight is 279 g/mol. The van der Waals surface area contributed by atoms with E-state index in [1.54, 1.807) is 17.5 Å². The third kappa shape index (κ3) is 3.36. The number of aryl methyl sites for hydroxylation is 2. The van der Waals surface area contributed by atoms with Crippen molar-refractivity contribution in [1.82, 2.24) is 15.3 Å². The molecule has 0 aliphatic rings. The van der Waals surface area contributed by atoms with Gasteiger partial charge in [0.1, 0.15) is 5.82 Å². The molecule has 0 aliphatic carbocycles. The van der Waals surface area contributed by atoms with E-state index in [1.165, 1.54) is 17.1 Å². The molecule has 102 valence electrons. The summed E-state index contributed by atoms with van der Waals surface area (Å²) in [4.78, 5) is 9.54. The van der Waals surface area contributed by atoms with Crippen LogP contribution < -0.4 is 5.32 Å². The lowest BCUT2D eigenvalue weighted by Gasteiger charge is -2.19. The molecule has 2 aromatic heterocycles. The van der Waals surface area contributed by atoms with Gasteiger partial charge in [0.2, 0.25) is 0 Å². The summed E-state index contributed by atoms with van der Waals surface area (Å²) < 4.78 is 13.2. The molecule has 0 saturated carbocycles. The fourth-order valence-corrected chi connectivity index (χ4v) is 3.10. The van der Waals surface area contributed by atoms with Crippen LogP contribution in [0, 0.1) is 19.7 Å². The van der Waals surface area contributed by atoms with E-state index in [0.717, 1.165) is 16.3 Å². The molecule has 3 nitrogen and oxygen atoms in total. The molecular formula is C14H18FN3S. The Balaban J connectivity index is 2.10. The smallest absolute Gasteiger partial charge is 0.141 e. The van der Waals surface area contributed by atoms with Crippen molar-refractivity contribution < 1.29 is 4.39 Å². The molecule has 0 bridgehead atoms. The van der Waals surface area contributed by atoms with Crippen LogP contribution >= 0.6 is 11.3 Å². The van der Waals surface area contributed by atoms with E-state index in [0.29, 0.717) is 0 Å². The Kier molecular flexibility index (Phi) is 4.27. The van der Waals surface area contributed by atoms with Gasteiger partial charge in [-0.3, -0.25) is 4.98 Å². The van der Waals surface area contributed by atoms with E-state index in [4.69, 9.17) is 0 Å². The predicted octanol–water partition coefficient (Wildman–Crippen LogP) is 3.71. The number of hydrogen-bond acceptors (Lipinski definition) is 4. The summed E-state index contributed by atoms with van der Waals surface area (Å²) in [7, 11) is 0. The van der Waals surface area contributed by atoms with E-state index in [-0.39, 0.29) is 17.9 Å². The van der Waals surface area contributed by atoms with Gasteiger partial charge in [-0.05, 0) is 39.3 Å². The van der Waals surface area contributed by atoms with Gasteiger partial charge in [-0.2, -0.15) is 0 Å². The van der Waals surface area contributed by atoms with Gasteiger partial charge in [-0.25, -0.2) is 9.37 Å².